The van der Waals surface area contributed by atoms with Crippen LogP contribution in [0, 0.1) is 6.92 Å². The first-order valence-electron chi connectivity index (χ1n) is 10.3. The smallest absolute Gasteiger partial charge is 0.410 e. The highest BCUT2D eigenvalue weighted by molar-refractivity contribution is 5.70. The zero-order valence-corrected chi connectivity index (χ0v) is 16.8. The molecule has 3 saturated heterocycles. The number of aryl methyl sites for hydroxylation is 2. The molecular weight excluding hydrogens is 342 g/mol. The number of anilines is 1. The third kappa shape index (κ3) is 3.74. The number of hydrogen-bond acceptors (Lipinski definition) is 6. The molecule has 1 amide bonds. The summed E-state index contributed by atoms with van der Waals surface area (Å²) in [5.41, 5.74) is 0.779. The highest BCUT2D eigenvalue weighted by Crippen LogP contribution is 2.34. The minimum atomic E-state index is -0.276. The summed E-state index contributed by atoms with van der Waals surface area (Å²) < 4.78 is 5.70. The van der Waals surface area contributed by atoms with Crippen molar-refractivity contribution >= 4 is 11.9 Å². The van der Waals surface area contributed by atoms with Gasteiger partial charge in [-0.15, -0.1) is 0 Å². The van der Waals surface area contributed by atoms with Gasteiger partial charge in [0.15, 0.2) is 0 Å². The fourth-order valence-corrected chi connectivity index (χ4v) is 4.76. The quantitative estimate of drug-likeness (QED) is 0.807. The lowest BCUT2D eigenvalue weighted by molar-refractivity contribution is 0.0566. The Kier molecular flexibility index (Phi) is 4.97. The van der Waals surface area contributed by atoms with Crippen LogP contribution < -0.4 is 4.90 Å². The van der Waals surface area contributed by atoms with E-state index in [4.69, 9.17) is 9.72 Å². The second-order valence-corrected chi connectivity index (χ2v) is 8.38. The summed E-state index contributed by atoms with van der Waals surface area (Å²) in [7, 11) is 1.83. The molecule has 0 aliphatic carbocycles. The summed E-state index contributed by atoms with van der Waals surface area (Å²) in [6.45, 7) is 8.90. The molecule has 1 atom stereocenters. The van der Waals surface area contributed by atoms with Crippen molar-refractivity contribution in [2.45, 2.75) is 57.6 Å². The molecule has 4 rings (SSSR count). The molecule has 4 heterocycles. The number of likely N-dealkylation sites (tertiary alicyclic amines) is 1. The van der Waals surface area contributed by atoms with Crippen LogP contribution in [0.1, 0.15) is 44.1 Å². The Morgan fingerprint density at radius 2 is 2.00 bits per heavy atom. The molecule has 7 heteroatoms. The normalized spacial score (nSPS) is 27.0. The molecule has 3 aliphatic heterocycles. The average molecular weight is 374 g/mol. The third-order valence-electron chi connectivity index (χ3n) is 6.15. The van der Waals surface area contributed by atoms with Crippen LogP contribution >= 0.6 is 0 Å². The van der Waals surface area contributed by atoms with Crippen LogP contribution in [0.3, 0.4) is 0 Å². The van der Waals surface area contributed by atoms with Gasteiger partial charge in [-0.1, -0.05) is 6.92 Å². The van der Waals surface area contributed by atoms with Crippen molar-refractivity contribution in [2.24, 2.45) is 0 Å². The maximum Gasteiger partial charge on any atom is 0.410 e. The molecule has 3 aliphatic rings. The van der Waals surface area contributed by atoms with Crippen LogP contribution in [0.2, 0.25) is 0 Å². The second-order valence-electron chi connectivity index (χ2n) is 8.38. The standard InChI is InChI=1S/C20H31N5O2/c1-4-5-17-21-15(2)12-18(22-17)24-9-6-16(7-10-24)25-11-8-20(14-25)13-23(3)19(26)27-20/h12,16H,4-11,13-14H2,1-3H3/t20-/m0/s1. The van der Waals surface area contributed by atoms with Crippen molar-refractivity contribution in [3.63, 3.8) is 0 Å². The molecule has 1 aromatic rings. The van der Waals surface area contributed by atoms with E-state index in [9.17, 15) is 4.79 Å². The Morgan fingerprint density at radius 3 is 2.67 bits per heavy atom. The van der Waals surface area contributed by atoms with Crippen molar-refractivity contribution in [1.82, 2.24) is 19.8 Å². The van der Waals surface area contributed by atoms with Gasteiger partial charge in [-0.25, -0.2) is 14.8 Å². The van der Waals surface area contributed by atoms with Crippen LogP contribution in [-0.4, -0.2) is 77.3 Å². The minimum absolute atomic E-state index is 0.173. The van der Waals surface area contributed by atoms with Gasteiger partial charge < -0.3 is 14.5 Å². The second kappa shape index (κ2) is 7.26. The molecule has 3 fully saturated rings. The number of carbonyl (C=O) groups is 1. The first-order valence-corrected chi connectivity index (χ1v) is 10.3. The number of likely N-dealkylation sites (N-methyl/N-ethyl adjacent to an activating group) is 1. The topological polar surface area (TPSA) is 61.8 Å². The molecule has 27 heavy (non-hydrogen) atoms. The monoisotopic (exact) mass is 373 g/mol. The van der Waals surface area contributed by atoms with E-state index in [2.05, 4.69) is 34.7 Å². The molecule has 1 aromatic heterocycles. The van der Waals surface area contributed by atoms with Gasteiger partial charge in [0.2, 0.25) is 0 Å². The molecular formula is C20H31N5O2. The van der Waals surface area contributed by atoms with E-state index < -0.39 is 0 Å². The average Bonchev–Trinajstić information content (AvgIpc) is 3.17. The molecule has 1 spiro atoms. The predicted molar refractivity (Wildman–Crippen MR) is 104 cm³/mol. The Labute approximate surface area is 161 Å². The summed E-state index contributed by atoms with van der Waals surface area (Å²) in [5, 5.41) is 0. The van der Waals surface area contributed by atoms with Crippen molar-refractivity contribution in [3.05, 3.63) is 17.6 Å². The number of carbonyl (C=O) groups excluding carboxylic acids is 1. The summed E-state index contributed by atoms with van der Waals surface area (Å²) in [6.07, 6.45) is 5.05. The van der Waals surface area contributed by atoms with Gasteiger partial charge in [0.1, 0.15) is 17.2 Å². The zero-order valence-electron chi connectivity index (χ0n) is 16.8. The van der Waals surface area contributed by atoms with Crippen molar-refractivity contribution in [2.75, 3.05) is 44.7 Å². The number of piperidine rings is 1. The Balaban J connectivity index is 1.35. The van der Waals surface area contributed by atoms with Crippen molar-refractivity contribution < 1.29 is 9.53 Å². The van der Waals surface area contributed by atoms with Crippen molar-refractivity contribution in [3.8, 4) is 0 Å². The minimum Gasteiger partial charge on any atom is -0.439 e. The van der Waals surface area contributed by atoms with Gasteiger partial charge >= 0.3 is 6.09 Å². The number of aromatic nitrogens is 2. The summed E-state index contributed by atoms with van der Waals surface area (Å²) >= 11 is 0. The number of rotatable bonds is 4. The van der Waals surface area contributed by atoms with Gasteiger partial charge in [0, 0.05) is 63.9 Å². The van der Waals surface area contributed by atoms with Gasteiger partial charge in [-0.2, -0.15) is 0 Å². The van der Waals surface area contributed by atoms with Gasteiger partial charge in [0.05, 0.1) is 6.54 Å². The van der Waals surface area contributed by atoms with E-state index in [-0.39, 0.29) is 11.7 Å². The molecule has 0 radical (unpaired) electrons. The number of amides is 1. The molecule has 0 unspecified atom stereocenters. The summed E-state index contributed by atoms with van der Waals surface area (Å²) in [4.78, 5) is 27.8. The number of nitrogens with zero attached hydrogens (tertiary/aromatic N) is 5. The number of hydrogen-bond donors (Lipinski definition) is 0. The molecule has 0 aromatic carbocycles. The van der Waals surface area contributed by atoms with E-state index in [0.29, 0.717) is 6.04 Å². The molecule has 7 nitrogen and oxygen atoms in total. The lowest BCUT2D eigenvalue weighted by Gasteiger charge is -2.37. The maximum absolute atomic E-state index is 11.8. The molecule has 0 saturated carbocycles. The number of ether oxygens (including phenoxy) is 1. The van der Waals surface area contributed by atoms with E-state index in [1.54, 1.807) is 4.90 Å². The fraction of sp³-hybridized carbons (Fsp3) is 0.750. The highest BCUT2D eigenvalue weighted by Gasteiger charge is 2.49. The summed E-state index contributed by atoms with van der Waals surface area (Å²) in [5.74, 6) is 2.04. The van der Waals surface area contributed by atoms with Gasteiger partial charge in [-0.3, -0.25) is 4.90 Å². The van der Waals surface area contributed by atoms with Crippen LogP contribution in [0.4, 0.5) is 10.6 Å². The third-order valence-corrected chi connectivity index (χ3v) is 6.15. The van der Waals surface area contributed by atoms with Crippen LogP contribution in [0.25, 0.3) is 0 Å². The maximum atomic E-state index is 11.8. The van der Waals surface area contributed by atoms with Gasteiger partial charge in [0.25, 0.3) is 0 Å². The van der Waals surface area contributed by atoms with Gasteiger partial charge in [-0.05, 0) is 26.2 Å². The SMILES string of the molecule is CCCc1nc(C)cc(N2CCC(N3CC[C@]4(CN(C)C(=O)O4)C3)CC2)n1. The van der Waals surface area contributed by atoms with Crippen molar-refractivity contribution in [1.29, 1.82) is 0 Å². The van der Waals surface area contributed by atoms with E-state index in [1.807, 2.05) is 7.05 Å². The Hall–Kier alpha value is -1.89. The molecule has 148 valence electrons. The lowest BCUT2D eigenvalue weighted by atomic mass is 10.0. The Bertz CT molecular complexity index is 704. The summed E-state index contributed by atoms with van der Waals surface area (Å²) in [6, 6.07) is 2.68. The first-order chi connectivity index (χ1) is 13.0. The van der Waals surface area contributed by atoms with E-state index in [0.717, 1.165) is 82.2 Å². The van der Waals surface area contributed by atoms with Crippen LogP contribution in [0.15, 0.2) is 6.07 Å². The Morgan fingerprint density at radius 1 is 1.22 bits per heavy atom. The van der Waals surface area contributed by atoms with Crippen LogP contribution in [-0.2, 0) is 11.2 Å². The molecule has 0 bridgehead atoms. The predicted octanol–water partition coefficient (Wildman–Crippen LogP) is 2.23. The lowest BCUT2D eigenvalue weighted by Crippen LogP contribution is -2.46. The zero-order chi connectivity index (χ0) is 19.0. The first kappa shape index (κ1) is 18.5. The van der Waals surface area contributed by atoms with E-state index in [1.165, 1.54) is 0 Å². The van der Waals surface area contributed by atoms with Crippen LogP contribution in [0.5, 0.6) is 0 Å². The van der Waals surface area contributed by atoms with E-state index >= 15 is 0 Å². The molecule has 0 N–H and O–H groups in total. The largest absolute Gasteiger partial charge is 0.439 e. The fourth-order valence-electron chi connectivity index (χ4n) is 4.76. The highest BCUT2D eigenvalue weighted by atomic mass is 16.6.